The molecule has 0 bridgehead atoms. The molecule has 1 heterocycles. The standard InChI is InChI=1S/C15H21N3O3/c1-11(15(20)18-6-8-21-9-7-18)16-13-4-3-5-14(10-13)17-12(2)19/h3-5,10-11,16H,6-9H2,1-2H3,(H,17,19). The average Bonchev–Trinajstić information content (AvgIpc) is 2.47. The van der Waals surface area contributed by atoms with Gasteiger partial charge in [-0.05, 0) is 25.1 Å². The largest absolute Gasteiger partial charge is 0.378 e. The second-order valence-corrected chi connectivity index (χ2v) is 5.07. The van der Waals surface area contributed by atoms with Gasteiger partial charge in [0.15, 0.2) is 0 Å². The highest BCUT2D eigenvalue weighted by molar-refractivity contribution is 5.89. The van der Waals surface area contributed by atoms with Gasteiger partial charge in [-0.3, -0.25) is 9.59 Å². The van der Waals surface area contributed by atoms with E-state index in [4.69, 9.17) is 4.74 Å². The molecule has 6 heteroatoms. The van der Waals surface area contributed by atoms with Crippen molar-refractivity contribution in [3.05, 3.63) is 24.3 Å². The number of rotatable bonds is 4. The Morgan fingerprint density at radius 3 is 2.57 bits per heavy atom. The van der Waals surface area contributed by atoms with Gasteiger partial charge in [0.25, 0.3) is 0 Å². The molecule has 114 valence electrons. The predicted octanol–water partition coefficient (Wildman–Crippen LogP) is 1.30. The molecule has 2 amide bonds. The van der Waals surface area contributed by atoms with Crippen LogP contribution in [-0.2, 0) is 14.3 Å². The molecule has 6 nitrogen and oxygen atoms in total. The number of hydrogen-bond donors (Lipinski definition) is 2. The van der Waals surface area contributed by atoms with Crippen LogP contribution < -0.4 is 10.6 Å². The van der Waals surface area contributed by atoms with Crippen LogP contribution >= 0.6 is 0 Å². The molecule has 1 aromatic carbocycles. The second kappa shape index (κ2) is 7.08. The third-order valence-corrected chi connectivity index (χ3v) is 3.26. The summed E-state index contributed by atoms with van der Waals surface area (Å²) in [4.78, 5) is 25.2. The number of morpholine rings is 1. The van der Waals surface area contributed by atoms with Gasteiger partial charge < -0.3 is 20.3 Å². The molecular formula is C15H21N3O3. The number of carbonyl (C=O) groups is 2. The third kappa shape index (κ3) is 4.46. The smallest absolute Gasteiger partial charge is 0.244 e. The quantitative estimate of drug-likeness (QED) is 0.877. The first kappa shape index (κ1) is 15.3. The minimum atomic E-state index is -0.323. The van der Waals surface area contributed by atoms with Crippen LogP contribution in [-0.4, -0.2) is 49.1 Å². The Bertz CT molecular complexity index is 513. The van der Waals surface area contributed by atoms with Crippen LogP contribution in [0.4, 0.5) is 11.4 Å². The number of carbonyl (C=O) groups excluding carboxylic acids is 2. The Kier molecular flexibility index (Phi) is 5.16. The molecule has 1 atom stereocenters. The van der Waals surface area contributed by atoms with E-state index in [9.17, 15) is 9.59 Å². The summed E-state index contributed by atoms with van der Waals surface area (Å²) in [7, 11) is 0. The third-order valence-electron chi connectivity index (χ3n) is 3.26. The number of nitrogens with zero attached hydrogens (tertiary/aromatic N) is 1. The lowest BCUT2D eigenvalue weighted by atomic mass is 10.2. The summed E-state index contributed by atoms with van der Waals surface area (Å²) in [5.74, 6) is -0.0622. The Hall–Kier alpha value is -2.08. The monoisotopic (exact) mass is 291 g/mol. The zero-order chi connectivity index (χ0) is 15.2. The molecule has 0 spiro atoms. The maximum atomic E-state index is 12.3. The lowest BCUT2D eigenvalue weighted by Crippen LogP contribution is -2.46. The Morgan fingerprint density at radius 2 is 1.90 bits per heavy atom. The predicted molar refractivity (Wildman–Crippen MR) is 81.2 cm³/mol. The van der Waals surface area contributed by atoms with Crippen LogP contribution in [0.1, 0.15) is 13.8 Å². The van der Waals surface area contributed by atoms with Crippen LogP contribution in [0, 0.1) is 0 Å². The van der Waals surface area contributed by atoms with Crippen LogP contribution in [0.15, 0.2) is 24.3 Å². The Labute approximate surface area is 124 Å². The number of nitrogens with one attached hydrogen (secondary N) is 2. The molecular weight excluding hydrogens is 270 g/mol. The van der Waals surface area contributed by atoms with Gasteiger partial charge in [0, 0.05) is 31.4 Å². The average molecular weight is 291 g/mol. The highest BCUT2D eigenvalue weighted by Gasteiger charge is 2.22. The number of amides is 2. The van der Waals surface area contributed by atoms with Crippen LogP contribution in [0.25, 0.3) is 0 Å². The lowest BCUT2D eigenvalue weighted by Gasteiger charge is -2.29. The summed E-state index contributed by atoms with van der Waals surface area (Å²) in [5, 5.41) is 5.89. The van der Waals surface area contributed by atoms with Crippen molar-refractivity contribution in [3.63, 3.8) is 0 Å². The van der Waals surface area contributed by atoms with E-state index in [1.807, 2.05) is 25.1 Å². The molecule has 1 fully saturated rings. The van der Waals surface area contributed by atoms with Gasteiger partial charge in [0.2, 0.25) is 11.8 Å². The van der Waals surface area contributed by atoms with Crippen molar-refractivity contribution in [1.29, 1.82) is 0 Å². The van der Waals surface area contributed by atoms with E-state index >= 15 is 0 Å². The zero-order valence-electron chi connectivity index (χ0n) is 12.4. The molecule has 1 aliphatic rings. The van der Waals surface area contributed by atoms with E-state index in [0.717, 1.165) is 5.69 Å². The molecule has 0 aliphatic carbocycles. The molecule has 2 N–H and O–H groups in total. The number of anilines is 2. The van der Waals surface area contributed by atoms with Gasteiger partial charge in [-0.2, -0.15) is 0 Å². The first-order chi connectivity index (χ1) is 10.1. The minimum absolute atomic E-state index is 0.0585. The Balaban J connectivity index is 1.96. The van der Waals surface area contributed by atoms with Crippen LogP contribution in [0.3, 0.4) is 0 Å². The molecule has 2 rings (SSSR count). The normalized spacial score (nSPS) is 16.2. The first-order valence-corrected chi connectivity index (χ1v) is 7.07. The molecule has 0 saturated carbocycles. The molecule has 0 aromatic heterocycles. The minimum Gasteiger partial charge on any atom is -0.378 e. The van der Waals surface area contributed by atoms with Gasteiger partial charge in [-0.25, -0.2) is 0 Å². The van der Waals surface area contributed by atoms with Gasteiger partial charge in [-0.1, -0.05) is 6.07 Å². The first-order valence-electron chi connectivity index (χ1n) is 7.07. The van der Waals surface area contributed by atoms with Gasteiger partial charge >= 0.3 is 0 Å². The molecule has 0 radical (unpaired) electrons. The van der Waals surface area contributed by atoms with Gasteiger partial charge in [-0.15, -0.1) is 0 Å². The molecule has 1 aromatic rings. The van der Waals surface area contributed by atoms with Crippen molar-refractivity contribution in [2.45, 2.75) is 19.9 Å². The van der Waals surface area contributed by atoms with E-state index in [2.05, 4.69) is 10.6 Å². The van der Waals surface area contributed by atoms with Crippen LogP contribution in [0.5, 0.6) is 0 Å². The van der Waals surface area contributed by atoms with E-state index in [-0.39, 0.29) is 17.9 Å². The lowest BCUT2D eigenvalue weighted by molar-refractivity contribution is -0.135. The summed E-state index contributed by atoms with van der Waals surface area (Å²) >= 11 is 0. The van der Waals surface area contributed by atoms with Crippen molar-refractivity contribution in [2.75, 3.05) is 36.9 Å². The van der Waals surface area contributed by atoms with Crippen molar-refractivity contribution in [1.82, 2.24) is 4.90 Å². The fourth-order valence-electron chi connectivity index (χ4n) is 2.26. The maximum Gasteiger partial charge on any atom is 0.244 e. The number of benzene rings is 1. The summed E-state index contributed by atoms with van der Waals surface area (Å²) in [5.41, 5.74) is 1.51. The summed E-state index contributed by atoms with van der Waals surface area (Å²) in [6.07, 6.45) is 0. The van der Waals surface area contributed by atoms with Gasteiger partial charge in [0.1, 0.15) is 6.04 Å². The molecule has 1 aliphatic heterocycles. The number of ether oxygens (including phenoxy) is 1. The highest BCUT2D eigenvalue weighted by atomic mass is 16.5. The van der Waals surface area contributed by atoms with Crippen molar-refractivity contribution in [3.8, 4) is 0 Å². The van der Waals surface area contributed by atoms with E-state index in [1.54, 1.807) is 11.0 Å². The topological polar surface area (TPSA) is 70.7 Å². The molecule has 1 unspecified atom stereocenters. The fraction of sp³-hybridized carbons (Fsp3) is 0.467. The molecule has 1 saturated heterocycles. The van der Waals surface area contributed by atoms with Crippen molar-refractivity contribution < 1.29 is 14.3 Å². The second-order valence-electron chi connectivity index (χ2n) is 5.07. The summed E-state index contributed by atoms with van der Waals surface area (Å²) in [6.45, 7) is 5.76. The highest BCUT2D eigenvalue weighted by Crippen LogP contribution is 2.16. The van der Waals surface area contributed by atoms with E-state index in [0.29, 0.717) is 32.0 Å². The van der Waals surface area contributed by atoms with Crippen molar-refractivity contribution in [2.24, 2.45) is 0 Å². The summed E-state index contributed by atoms with van der Waals surface area (Å²) < 4.78 is 5.25. The fourth-order valence-corrected chi connectivity index (χ4v) is 2.26. The number of hydrogen-bond acceptors (Lipinski definition) is 4. The van der Waals surface area contributed by atoms with Gasteiger partial charge in [0.05, 0.1) is 13.2 Å². The SMILES string of the molecule is CC(=O)Nc1cccc(NC(C)C(=O)N2CCOCC2)c1. The van der Waals surface area contributed by atoms with Crippen molar-refractivity contribution >= 4 is 23.2 Å². The van der Waals surface area contributed by atoms with E-state index in [1.165, 1.54) is 6.92 Å². The van der Waals surface area contributed by atoms with E-state index < -0.39 is 0 Å². The maximum absolute atomic E-state index is 12.3. The molecule has 21 heavy (non-hydrogen) atoms. The summed E-state index contributed by atoms with van der Waals surface area (Å²) in [6, 6.07) is 7.00. The Morgan fingerprint density at radius 1 is 1.24 bits per heavy atom. The van der Waals surface area contributed by atoms with Crippen LogP contribution in [0.2, 0.25) is 0 Å². The zero-order valence-corrected chi connectivity index (χ0v) is 12.4.